The van der Waals surface area contributed by atoms with E-state index in [1.54, 1.807) is 48.5 Å². The van der Waals surface area contributed by atoms with Crippen LogP contribution in [-0.4, -0.2) is 159 Å². The molecule has 4 heterocycles. The maximum atomic E-state index is 12.5. The molecule has 2 aromatic carbocycles. The topological polar surface area (TPSA) is 390 Å². The van der Waals surface area contributed by atoms with E-state index in [9.17, 15) is 48.3 Å². The molecule has 4 atom stereocenters. The van der Waals surface area contributed by atoms with Crippen molar-refractivity contribution in [2.24, 2.45) is 0 Å². The van der Waals surface area contributed by atoms with Crippen LogP contribution in [0.2, 0.25) is 0 Å². The fourth-order valence-electron chi connectivity index (χ4n) is 7.26. The number of nitrogens with one attached hydrogen (secondary N) is 7. The zero-order chi connectivity index (χ0) is 49.7. The van der Waals surface area contributed by atoms with Gasteiger partial charge in [-0.1, -0.05) is 6.58 Å². The number of carboxylic acid groups (broad SMARTS) is 2. The van der Waals surface area contributed by atoms with Crippen LogP contribution in [0.3, 0.4) is 0 Å². The van der Waals surface area contributed by atoms with Crippen LogP contribution in [0.1, 0.15) is 65.4 Å². The van der Waals surface area contributed by atoms with Crippen LogP contribution >= 0.6 is 0 Å². The van der Waals surface area contributed by atoms with E-state index in [1.807, 2.05) is 0 Å². The number of fused-ring (bicyclic) bond motifs is 2. The minimum absolute atomic E-state index is 0. The molecular weight excluding hydrogens is 931 g/mol. The van der Waals surface area contributed by atoms with E-state index in [-0.39, 0.29) is 110 Å². The normalized spacial score (nSPS) is 15.3. The molecule has 360 valence electrons. The molecule has 0 saturated heterocycles. The monoisotopic (exact) mass is 981 g/mol. The first-order chi connectivity index (χ1) is 32.4. The largest absolute Gasteiger partial charge is 2.00 e. The molecule has 4 aromatic rings. The number of aliphatic carboxylic acids is 2. The number of carboxylic acids is 2. The number of amides is 4. The van der Waals surface area contributed by atoms with E-state index < -0.39 is 53.0 Å². The number of aromatic amines is 2. The first-order valence-corrected chi connectivity index (χ1v) is 21.0. The van der Waals surface area contributed by atoms with Crippen molar-refractivity contribution < 1.29 is 48.9 Å². The van der Waals surface area contributed by atoms with Gasteiger partial charge in [0, 0.05) is 55.0 Å². The number of hydrogen-bond donors (Lipinski definition) is 12. The van der Waals surface area contributed by atoms with Crippen LogP contribution < -0.4 is 59.0 Å². The van der Waals surface area contributed by atoms with E-state index in [1.165, 1.54) is 16.7 Å². The summed E-state index contributed by atoms with van der Waals surface area (Å²) in [6, 6.07) is 10.4. The summed E-state index contributed by atoms with van der Waals surface area (Å²) < 4.78 is 0. The third kappa shape index (κ3) is 14.7. The molecule has 0 saturated carbocycles. The third-order valence-electron chi connectivity index (χ3n) is 10.8. The fourth-order valence-corrected chi connectivity index (χ4v) is 7.26. The molecule has 0 spiro atoms. The van der Waals surface area contributed by atoms with Gasteiger partial charge >= 0.3 is 49.7 Å². The molecule has 0 bridgehead atoms. The van der Waals surface area contributed by atoms with E-state index in [0.717, 1.165) is 0 Å². The van der Waals surface area contributed by atoms with Gasteiger partial charge in [0.15, 0.2) is 17.3 Å². The van der Waals surface area contributed by atoms with Gasteiger partial charge in [-0.05, 0) is 81.1 Å². The Hall–Kier alpha value is -7.51. The second-order valence-electron chi connectivity index (χ2n) is 15.6. The van der Waals surface area contributed by atoms with Crippen molar-refractivity contribution in [3.05, 3.63) is 98.4 Å². The van der Waals surface area contributed by atoms with Crippen LogP contribution in [0.25, 0.3) is 0 Å². The molecule has 0 aliphatic carbocycles. The molecule has 25 nitrogen and oxygen atoms in total. The van der Waals surface area contributed by atoms with Crippen LogP contribution in [0.4, 0.5) is 40.5 Å². The molecule has 2 aliphatic rings. The number of aliphatic hydroxyl groups is 1. The number of rotatable bonds is 20. The summed E-state index contributed by atoms with van der Waals surface area (Å²) in [5.41, 5.74) is 12.8. The Morgan fingerprint density at radius 2 is 1.22 bits per heavy atom. The SMILES string of the molecule is C=C(O)[C@H](CCC(=O)O)NC(=O)c1ccc(NCC2CNc3nc(N)[nH]c(=O)c3N2C=O)cc1.CC(=O)[C@H](CCC(=O)O)NC(=O)c1ccc(NCC2CCc3nc(N)[nH]c(=O)c3N2C=O)cc1.[Ca+2]. The average molecular weight is 982 g/mol. The number of nitrogen functional groups attached to an aromatic ring is 2. The first kappa shape index (κ1) is 54.1. The summed E-state index contributed by atoms with van der Waals surface area (Å²) in [4.78, 5) is 122. The summed E-state index contributed by atoms with van der Waals surface area (Å²) in [5, 5.41) is 41.6. The Balaban J connectivity index is 0.000000296. The van der Waals surface area contributed by atoms with Gasteiger partial charge in [0.05, 0.1) is 29.9 Å². The molecule has 0 fully saturated rings. The van der Waals surface area contributed by atoms with E-state index >= 15 is 0 Å². The predicted molar refractivity (Wildman–Crippen MR) is 254 cm³/mol. The second-order valence-corrected chi connectivity index (χ2v) is 15.6. The fraction of sp³-hybridized carbons (Fsp3) is 0.326. The van der Waals surface area contributed by atoms with Crippen molar-refractivity contribution in [1.82, 2.24) is 30.6 Å². The molecular formula is C43H51CaN13O12+2. The number of benzene rings is 2. The Labute approximate surface area is 422 Å². The molecule has 2 aromatic heterocycles. The van der Waals surface area contributed by atoms with Crippen molar-refractivity contribution in [1.29, 1.82) is 0 Å². The summed E-state index contributed by atoms with van der Waals surface area (Å²) in [5.74, 6) is -3.55. The number of anilines is 7. The summed E-state index contributed by atoms with van der Waals surface area (Å²) in [6.45, 7) is 5.65. The van der Waals surface area contributed by atoms with E-state index in [4.69, 9.17) is 21.7 Å². The Morgan fingerprint density at radius 3 is 1.71 bits per heavy atom. The number of hydrogen-bond acceptors (Lipinski definition) is 17. The number of nitrogens with two attached hydrogens (primary N) is 2. The second kappa shape index (κ2) is 25.0. The van der Waals surface area contributed by atoms with Gasteiger partial charge in [0.1, 0.15) is 11.4 Å². The predicted octanol–water partition coefficient (Wildman–Crippen LogP) is 0.169. The van der Waals surface area contributed by atoms with E-state index in [0.29, 0.717) is 73.5 Å². The summed E-state index contributed by atoms with van der Waals surface area (Å²) >= 11 is 0. The van der Waals surface area contributed by atoms with Gasteiger partial charge < -0.3 is 63.2 Å². The molecule has 4 amide bonds. The number of aryl methyl sites for hydroxylation is 1. The van der Waals surface area contributed by atoms with Gasteiger partial charge in [0.2, 0.25) is 24.7 Å². The number of ketones is 1. The number of nitrogens with zero attached hydrogens (tertiary/aromatic N) is 4. The van der Waals surface area contributed by atoms with Crippen LogP contribution in [0.5, 0.6) is 0 Å². The van der Waals surface area contributed by atoms with Crippen LogP contribution in [0.15, 0.2) is 70.5 Å². The molecule has 6 rings (SSSR count). The summed E-state index contributed by atoms with van der Waals surface area (Å²) in [7, 11) is 0. The number of H-pyrrole nitrogens is 2. The van der Waals surface area contributed by atoms with Gasteiger partial charge in [-0.15, -0.1) is 0 Å². The van der Waals surface area contributed by atoms with Crippen molar-refractivity contribution >= 4 is 121 Å². The van der Waals surface area contributed by atoms with Crippen LogP contribution in [0, 0.1) is 0 Å². The number of carbonyl (C=O) groups is 7. The maximum Gasteiger partial charge on any atom is 2.00 e. The van der Waals surface area contributed by atoms with Gasteiger partial charge in [-0.25, -0.2) is 4.98 Å². The van der Waals surface area contributed by atoms with E-state index in [2.05, 4.69) is 53.1 Å². The van der Waals surface area contributed by atoms with Crippen LogP contribution in [-0.2, 0) is 30.4 Å². The minimum atomic E-state index is -1.05. The van der Waals surface area contributed by atoms with Crippen molar-refractivity contribution in [2.45, 2.75) is 69.6 Å². The summed E-state index contributed by atoms with van der Waals surface area (Å²) in [6.07, 6.45) is 1.79. The minimum Gasteiger partial charge on any atom is -0.511 e. The Morgan fingerprint density at radius 1 is 0.754 bits per heavy atom. The number of aliphatic hydroxyl groups excluding tert-OH is 1. The smallest absolute Gasteiger partial charge is 0.511 e. The molecule has 0 radical (unpaired) electrons. The van der Waals surface area contributed by atoms with Crippen molar-refractivity contribution in [2.75, 3.05) is 56.9 Å². The third-order valence-corrected chi connectivity index (χ3v) is 10.8. The molecule has 14 N–H and O–H groups in total. The maximum absolute atomic E-state index is 12.5. The molecule has 2 aliphatic heterocycles. The van der Waals surface area contributed by atoms with Gasteiger partial charge in [-0.2, -0.15) is 4.98 Å². The van der Waals surface area contributed by atoms with Gasteiger partial charge in [-0.3, -0.25) is 53.1 Å². The first-order valence-electron chi connectivity index (χ1n) is 21.0. The number of carbonyl (C=O) groups excluding carboxylic acids is 5. The standard InChI is InChI=1S/C22H26N6O6.C21H25N7O6.Ca/c1-12(30)16(8-9-18(31)32)25-20(33)13-2-4-14(5-3-13)24-10-15-6-7-17-19(28(15)11-29)21(34)27-22(23)26-17;1-11(30)15(6-7-16(31)32)25-19(33)12-2-4-13(5-3-12)23-8-14-9-24-18-17(28(14)10-29)20(34)27-21(22)26-18;/h2-5,11,15-16,24H,6-10H2,1H3,(H,25,33)(H,31,32)(H3,23,26,27,34);2-5,10,14-15,23,30H,1,6-9H2,(H,25,33)(H,31,32)(H4,22,24,26,27,34);/q;;+2/t15?,16-;14?,15-;/m00./s1. The molecule has 2 unspecified atom stereocenters. The Bertz CT molecular complexity index is 2480. The average Bonchev–Trinajstić information content (AvgIpc) is 3.29. The zero-order valence-corrected chi connectivity index (χ0v) is 39.5. The van der Waals surface area contributed by atoms with Gasteiger partial charge in [0.25, 0.3) is 22.9 Å². The number of Topliss-reactive ketones (excluding diaryl/α,β-unsaturated/α-hetero) is 1. The zero-order valence-electron chi connectivity index (χ0n) is 37.3. The molecule has 26 heteroatoms. The number of aromatic nitrogens is 4. The molecule has 69 heavy (non-hydrogen) atoms. The quantitative estimate of drug-likeness (QED) is 0.0319. The van der Waals surface area contributed by atoms with Crippen molar-refractivity contribution in [3.8, 4) is 0 Å². The van der Waals surface area contributed by atoms with Crippen molar-refractivity contribution in [3.63, 3.8) is 0 Å². The Kier molecular flexibility index (Phi) is 19.6.